The maximum Gasteiger partial charge on any atom is 1.00 e. The van der Waals surface area contributed by atoms with E-state index < -0.39 is 5.97 Å². The molecule has 132 heavy (non-hydrogen) atoms. The Bertz CT molecular complexity index is 4950. The van der Waals surface area contributed by atoms with Crippen molar-refractivity contribution in [3.05, 3.63) is 206 Å². The van der Waals surface area contributed by atoms with Crippen molar-refractivity contribution in [3.63, 3.8) is 0 Å². The Morgan fingerprint density at radius 2 is 0.682 bits per heavy atom. The van der Waals surface area contributed by atoms with Gasteiger partial charge in [0.25, 0.3) is 11.8 Å². The number of aliphatic hydroxyl groups excluding tert-OH is 3. The maximum atomic E-state index is 13.1. The Balaban J connectivity index is 0.000000433. The van der Waals surface area contributed by atoms with Crippen molar-refractivity contribution in [2.75, 3.05) is 98.4 Å². The minimum absolute atomic E-state index is 0. The summed E-state index contributed by atoms with van der Waals surface area (Å²) < 4.78 is 23.6. The average molecular weight is 1910 g/mol. The number of hydrogen-bond acceptors (Lipinski definition) is 21. The van der Waals surface area contributed by atoms with Gasteiger partial charge in [-0.3, -0.25) is 9.59 Å². The summed E-state index contributed by atoms with van der Waals surface area (Å²) in [6, 6.07) is 51.4. The largest absolute Gasteiger partial charge is 1.00 e. The fourth-order valence-corrected chi connectivity index (χ4v) is 20.4. The number of amides is 2. The molecule has 0 aromatic heterocycles. The zero-order valence-electron chi connectivity index (χ0n) is 76.1. The predicted octanol–water partition coefficient (Wildman–Crippen LogP) is 17.1. The van der Waals surface area contributed by atoms with E-state index in [-0.39, 0.29) is 190 Å². The fourth-order valence-electron chi connectivity index (χ4n) is 19.8. The average Bonchev–Trinajstić information content (AvgIpc) is 0.719. The fraction of sp³-hybridized carbons (Fsp3) is 0.515. The molecule has 4 saturated heterocycles. The van der Waals surface area contributed by atoms with Crippen LogP contribution in [0, 0.1) is 90.2 Å². The van der Waals surface area contributed by atoms with Gasteiger partial charge in [0.1, 0.15) is 60.1 Å². The van der Waals surface area contributed by atoms with Gasteiger partial charge in [-0.25, -0.2) is 9.59 Å². The second-order valence-corrected chi connectivity index (χ2v) is 38.7. The molecule has 0 spiro atoms. The summed E-state index contributed by atoms with van der Waals surface area (Å²) >= 11 is 18.4. The first-order valence-electron chi connectivity index (χ1n) is 43.4. The van der Waals surface area contributed by atoms with Gasteiger partial charge in [0.15, 0.2) is 0 Å². The van der Waals surface area contributed by atoms with Crippen LogP contribution in [0.4, 0.5) is 22.7 Å². The number of carbonyl (C=O) groups excluding carboxylic acids is 4. The first kappa shape index (κ1) is 117. The number of carboxylic acid groups (broad SMARTS) is 1. The van der Waals surface area contributed by atoms with Gasteiger partial charge in [-0.15, -0.1) is 12.4 Å². The summed E-state index contributed by atoms with van der Waals surface area (Å²) in [6.07, 6.45) is 8.55. The molecule has 3 saturated carbocycles. The summed E-state index contributed by atoms with van der Waals surface area (Å²) in [7, 11) is 0. The molecule has 0 bridgehead atoms. The number of aldehydes is 1. The van der Waals surface area contributed by atoms with E-state index >= 15 is 0 Å². The van der Waals surface area contributed by atoms with Crippen LogP contribution >= 0.6 is 47.2 Å². The molecule has 3 aliphatic carbocycles. The molecule has 7 aliphatic rings. The number of hydrogen-bond donors (Lipinski definition) is 7. The van der Waals surface area contributed by atoms with Gasteiger partial charge in [0.2, 0.25) is 0 Å². The summed E-state index contributed by atoms with van der Waals surface area (Å²) in [6.45, 7) is 35.5. The van der Waals surface area contributed by atoms with Gasteiger partial charge in [0.05, 0.1) is 49.5 Å². The normalized spacial score (nSPS) is 20.7. The van der Waals surface area contributed by atoms with Crippen LogP contribution in [0.3, 0.4) is 0 Å². The smallest absolute Gasteiger partial charge is 0.870 e. The second kappa shape index (κ2) is 51.2. The number of anilines is 4. The van der Waals surface area contributed by atoms with Crippen LogP contribution in [-0.2, 0) is 9.53 Å². The van der Waals surface area contributed by atoms with Crippen LogP contribution in [0.1, 0.15) is 229 Å². The first-order chi connectivity index (χ1) is 59.3. The zero-order chi connectivity index (χ0) is 91.1. The molecule has 0 atom stereocenters. The molecule has 9 N–H and O–H groups in total. The van der Waals surface area contributed by atoms with Crippen LogP contribution in [0.25, 0.3) is 0 Å². The van der Waals surface area contributed by atoms with Gasteiger partial charge in [0, 0.05) is 181 Å². The summed E-state index contributed by atoms with van der Waals surface area (Å²) in [5, 5.41) is 71.0. The SMILES string of the molecule is C.C.C.C.CC1(C)C(N)C(C)(C)C1Oc1ccc(C#N)c(Cl)c1.CC1(C)C(NC(=O)c2ccc(N3CCC(C=O)CC3)cc2)C(C)(C)C1Oc1ccc(C#N)c(Cl)c1.CC1(C)C(NC(=O)c2ccc(N3CCC(CO)CC3)cc2)C(C)(C)C1Oc1ccc(C#N)c(Cl)c1.CCOC(=O)c1ccc(N2CCC(CO)CC2)cc1.Cl.O=C(O)c1ccc(N2CCC(CO)CC2)cc1.[Na+].[OH-]. The Morgan fingerprint density at radius 1 is 0.432 bits per heavy atom. The van der Waals surface area contributed by atoms with E-state index in [0.717, 1.165) is 133 Å². The van der Waals surface area contributed by atoms with Crippen LogP contribution in [0.2, 0.25) is 15.1 Å². The Hall–Kier alpha value is -8.88. The first-order valence-corrected chi connectivity index (χ1v) is 44.5. The molecule has 0 radical (unpaired) electrons. The van der Waals surface area contributed by atoms with Gasteiger partial charge in [-0.1, -0.05) is 148 Å². The minimum Gasteiger partial charge on any atom is -0.870 e. The number of nitrogens with one attached hydrogen (secondary N) is 2. The van der Waals surface area contributed by atoms with E-state index in [1.807, 2.05) is 91.0 Å². The summed E-state index contributed by atoms with van der Waals surface area (Å²) in [4.78, 5) is 68.6. The Labute approximate surface area is 827 Å². The van der Waals surface area contributed by atoms with E-state index in [4.69, 9.17) is 90.6 Å². The van der Waals surface area contributed by atoms with Gasteiger partial charge < -0.3 is 85.6 Å². The molecular weight excluding hydrogens is 1770 g/mol. The van der Waals surface area contributed by atoms with Gasteiger partial charge >= 0.3 is 41.5 Å². The standard InChI is InChI=1S/C28H34ClN3O3.C28H32ClN3O3.C15H19ClN2O.C15H21NO3.C13H17NO3.4CH4.ClH.Na.H2O/c2*1-27(2)25(28(3,4)26(27)35-22-10-7-20(16-30)23(29)15-22)31-24(34)19-5-8-21(9-6-19)32-13-11-18(17-33)12-14-32;1-14(2)12(18)15(3,4)13(14)19-10-6-5-9(8-17)11(16)7-10;1-2-19-15(18)13-3-5-14(6-4-13)16-9-7-12(11-17)8-10-16;15-9-10-5-7-14(8-6-10)12-3-1-11(2-4-12)13(16)17;;;;;;;/h5-10,15,18,25-26,33H,11-14,17H2,1-4H3,(H,31,34);5-10,15,17-18,25-26H,11-14H2,1-4H3,(H,31,34);5-7,12-13H,18H2,1-4H3;3-6,12,17H,2,7-11H2,1H3;1-4,10,15H,5-9H2,(H,16,17);4*1H4;1H;;1H2/q;;;;;;;;;;+1;/p-1. The number of carbonyl (C=O) groups is 5. The predicted molar refractivity (Wildman–Crippen MR) is 527 cm³/mol. The molecule has 716 valence electrons. The number of rotatable bonds is 21. The van der Waals surface area contributed by atoms with E-state index in [1.54, 1.807) is 73.7 Å². The molecular formula is C103H141Cl4N10NaO14. The molecule has 7 fully saturated rings. The number of nitrogens with two attached hydrogens (primary N) is 1. The molecule has 7 aromatic rings. The van der Waals surface area contributed by atoms with E-state index in [2.05, 4.69) is 125 Å². The summed E-state index contributed by atoms with van der Waals surface area (Å²) in [5.41, 5.74) is 12.6. The monoisotopic (exact) mass is 1900 g/mol. The summed E-state index contributed by atoms with van der Waals surface area (Å²) in [5.74, 6) is 1.95. The third kappa shape index (κ3) is 27.7. The molecule has 4 aliphatic heterocycles. The topological polar surface area (TPSA) is 368 Å². The number of piperidine rings is 4. The molecule has 29 heteroatoms. The van der Waals surface area contributed by atoms with E-state index in [0.29, 0.717) is 95.6 Å². The van der Waals surface area contributed by atoms with Crippen molar-refractivity contribution in [3.8, 4) is 35.5 Å². The third-order valence-electron chi connectivity index (χ3n) is 26.7. The number of halogens is 4. The minimum atomic E-state index is -0.893. The van der Waals surface area contributed by atoms with Crippen molar-refractivity contribution in [1.29, 1.82) is 15.8 Å². The van der Waals surface area contributed by atoms with Crippen molar-refractivity contribution in [1.82, 2.24) is 10.6 Å². The molecule has 2 amide bonds. The van der Waals surface area contributed by atoms with Crippen molar-refractivity contribution < 1.29 is 98.4 Å². The van der Waals surface area contributed by atoms with Crippen LogP contribution in [-0.4, -0.2) is 171 Å². The second-order valence-electron chi connectivity index (χ2n) is 37.5. The number of nitrogens with zero attached hydrogens (tertiary/aromatic N) is 7. The Morgan fingerprint density at radius 3 is 0.917 bits per heavy atom. The van der Waals surface area contributed by atoms with E-state index in [9.17, 15) is 29.1 Å². The van der Waals surface area contributed by atoms with Crippen molar-refractivity contribution in [2.45, 2.75) is 208 Å². The van der Waals surface area contributed by atoms with Gasteiger partial charge in [-0.05, 0) is 210 Å². The van der Waals surface area contributed by atoms with Crippen LogP contribution in [0.15, 0.2) is 152 Å². The molecule has 14 rings (SSSR count). The third-order valence-corrected chi connectivity index (χ3v) is 27.6. The molecule has 4 heterocycles. The van der Waals surface area contributed by atoms with Crippen molar-refractivity contribution in [2.24, 2.45) is 61.9 Å². The van der Waals surface area contributed by atoms with E-state index in [1.165, 1.54) is 0 Å². The van der Waals surface area contributed by atoms with Crippen LogP contribution < -0.4 is 79.7 Å². The van der Waals surface area contributed by atoms with Crippen LogP contribution in [0.5, 0.6) is 17.2 Å². The van der Waals surface area contributed by atoms with Gasteiger partial charge in [-0.2, -0.15) is 15.8 Å². The number of benzene rings is 7. The number of aliphatic hydroxyl groups is 3. The molecule has 0 unspecified atom stereocenters. The number of esters is 1. The number of carboxylic acids is 1. The number of nitriles is 3. The van der Waals surface area contributed by atoms with Crippen molar-refractivity contribution >= 4 is 100.0 Å². The maximum absolute atomic E-state index is 13.1. The number of ether oxygens (including phenoxy) is 4. The zero-order valence-corrected chi connectivity index (χ0v) is 81.2. The Kier molecular flexibility index (Phi) is 45.5. The number of aromatic carboxylic acids is 1. The molecule has 7 aromatic carbocycles. The molecule has 24 nitrogen and oxygen atoms in total. The quantitative estimate of drug-likeness (QED) is 0.0200.